The van der Waals surface area contributed by atoms with Gasteiger partial charge in [0.05, 0.1) is 6.42 Å². The third kappa shape index (κ3) is 3.77. The summed E-state index contributed by atoms with van der Waals surface area (Å²) in [4.78, 5) is 11.2. The van der Waals surface area contributed by atoms with Gasteiger partial charge in [0.25, 0.3) is 0 Å². The molecule has 0 bridgehead atoms. The Hall–Kier alpha value is -1.26. The van der Waals surface area contributed by atoms with Crippen LogP contribution in [0.4, 0.5) is 13.2 Å². The van der Waals surface area contributed by atoms with E-state index in [4.69, 9.17) is 0 Å². The Kier molecular flexibility index (Phi) is 3.55. The second kappa shape index (κ2) is 4.51. The minimum atomic E-state index is -4.15. The Morgan fingerprint density at radius 2 is 2.13 bits per heavy atom. The topological polar surface area (TPSA) is 22.0 Å². The molecular formula is C10H12F3NO. The summed E-state index contributed by atoms with van der Waals surface area (Å²) >= 11 is 0. The molecule has 0 unspecified atom stereocenters. The SMILES string of the molecule is CCC(=O)c1ccn(CCC(F)(F)F)c1. The fourth-order valence-electron chi connectivity index (χ4n) is 1.20. The molecule has 1 heterocycles. The van der Waals surface area contributed by atoms with Crippen LogP contribution in [0.5, 0.6) is 0 Å². The van der Waals surface area contributed by atoms with Crippen molar-refractivity contribution < 1.29 is 18.0 Å². The van der Waals surface area contributed by atoms with E-state index in [1.165, 1.54) is 17.0 Å². The van der Waals surface area contributed by atoms with Crippen LogP contribution >= 0.6 is 0 Å². The van der Waals surface area contributed by atoms with Gasteiger partial charge in [-0.2, -0.15) is 13.2 Å². The molecule has 0 N–H and O–H groups in total. The first-order valence-corrected chi connectivity index (χ1v) is 4.68. The van der Waals surface area contributed by atoms with Gasteiger partial charge in [-0.25, -0.2) is 0 Å². The molecule has 0 aliphatic rings. The van der Waals surface area contributed by atoms with Crippen LogP contribution in [0.2, 0.25) is 0 Å². The molecule has 84 valence electrons. The highest BCUT2D eigenvalue weighted by atomic mass is 19.4. The van der Waals surface area contributed by atoms with Gasteiger partial charge in [0.1, 0.15) is 0 Å². The quantitative estimate of drug-likeness (QED) is 0.713. The number of hydrogen-bond acceptors (Lipinski definition) is 1. The van der Waals surface area contributed by atoms with Crippen LogP contribution < -0.4 is 0 Å². The lowest BCUT2D eigenvalue weighted by Crippen LogP contribution is -2.11. The number of aryl methyl sites for hydroxylation is 1. The van der Waals surface area contributed by atoms with Crippen LogP contribution in [0, 0.1) is 0 Å². The second-order valence-corrected chi connectivity index (χ2v) is 3.28. The van der Waals surface area contributed by atoms with Crippen LogP contribution in [0.1, 0.15) is 30.1 Å². The highest BCUT2D eigenvalue weighted by Gasteiger charge is 2.26. The van der Waals surface area contributed by atoms with Crippen LogP contribution in [0.25, 0.3) is 0 Å². The summed E-state index contributed by atoms with van der Waals surface area (Å²) in [6, 6.07) is 1.54. The fraction of sp³-hybridized carbons (Fsp3) is 0.500. The predicted molar refractivity (Wildman–Crippen MR) is 49.7 cm³/mol. The molecular weight excluding hydrogens is 207 g/mol. The largest absolute Gasteiger partial charge is 0.390 e. The number of carbonyl (C=O) groups excluding carboxylic acids is 1. The highest BCUT2D eigenvalue weighted by Crippen LogP contribution is 2.20. The number of Topliss-reactive ketones (excluding diaryl/α,β-unsaturated/α-hetero) is 1. The van der Waals surface area contributed by atoms with E-state index in [9.17, 15) is 18.0 Å². The maximum absolute atomic E-state index is 11.9. The molecule has 0 atom stereocenters. The van der Waals surface area contributed by atoms with Gasteiger partial charge in [0.15, 0.2) is 5.78 Å². The first kappa shape index (κ1) is 11.8. The van der Waals surface area contributed by atoms with Crippen LogP contribution in [-0.4, -0.2) is 16.5 Å². The van der Waals surface area contributed by atoms with E-state index in [1.54, 1.807) is 13.0 Å². The Labute approximate surface area is 85.7 Å². The third-order valence-electron chi connectivity index (χ3n) is 2.05. The number of aromatic nitrogens is 1. The smallest absolute Gasteiger partial charge is 0.353 e. The van der Waals surface area contributed by atoms with Crippen molar-refractivity contribution in [3.05, 3.63) is 24.0 Å². The number of rotatable bonds is 4. The summed E-state index contributed by atoms with van der Waals surface area (Å²) in [5, 5.41) is 0. The van der Waals surface area contributed by atoms with Crippen LogP contribution in [0.15, 0.2) is 18.5 Å². The molecule has 1 aromatic rings. The summed E-state index contributed by atoms with van der Waals surface area (Å²) in [7, 11) is 0. The zero-order valence-corrected chi connectivity index (χ0v) is 8.34. The monoisotopic (exact) mass is 219 g/mol. The third-order valence-corrected chi connectivity index (χ3v) is 2.05. The molecule has 1 aromatic heterocycles. The van der Waals surface area contributed by atoms with Gasteiger partial charge in [0.2, 0.25) is 0 Å². The minimum absolute atomic E-state index is 0.0549. The van der Waals surface area contributed by atoms with E-state index < -0.39 is 12.6 Å². The number of nitrogens with zero attached hydrogens (tertiary/aromatic N) is 1. The Bertz CT molecular complexity index is 341. The van der Waals surface area contributed by atoms with Gasteiger partial charge in [-0.05, 0) is 6.07 Å². The average Bonchev–Trinajstić information content (AvgIpc) is 2.61. The summed E-state index contributed by atoms with van der Waals surface area (Å²) in [5.41, 5.74) is 0.472. The summed E-state index contributed by atoms with van der Waals surface area (Å²) in [5.74, 6) is -0.0549. The van der Waals surface area contributed by atoms with Crippen molar-refractivity contribution in [1.82, 2.24) is 4.57 Å². The van der Waals surface area contributed by atoms with E-state index >= 15 is 0 Å². The molecule has 0 saturated heterocycles. The lowest BCUT2D eigenvalue weighted by atomic mass is 10.2. The summed E-state index contributed by atoms with van der Waals surface area (Å²) in [6.07, 6.45) is -1.71. The molecule has 0 radical (unpaired) electrons. The molecule has 0 aliphatic carbocycles. The van der Waals surface area contributed by atoms with Crippen molar-refractivity contribution in [3.63, 3.8) is 0 Å². The van der Waals surface area contributed by atoms with Gasteiger partial charge >= 0.3 is 6.18 Å². The normalized spacial score (nSPS) is 11.7. The fourth-order valence-corrected chi connectivity index (χ4v) is 1.20. The number of ketones is 1. The maximum Gasteiger partial charge on any atom is 0.390 e. The number of halogens is 3. The molecule has 0 aliphatic heterocycles. The highest BCUT2D eigenvalue weighted by molar-refractivity contribution is 5.95. The molecule has 0 amide bonds. The van der Waals surface area contributed by atoms with Crippen molar-refractivity contribution in [3.8, 4) is 0 Å². The van der Waals surface area contributed by atoms with Crippen molar-refractivity contribution in [2.24, 2.45) is 0 Å². The number of carbonyl (C=O) groups is 1. The number of alkyl halides is 3. The van der Waals surface area contributed by atoms with Crippen LogP contribution in [-0.2, 0) is 6.54 Å². The standard InChI is InChI=1S/C10H12F3NO/c1-2-9(15)8-3-5-14(7-8)6-4-10(11,12)13/h3,5,7H,2,4,6H2,1H3. The van der Waals surface area contributed by atoms with Gasteiger partial charge in [0, 0.05) is 30.9 Å². The van der Waals surface area contributed by atoms with Crippen LogP contribution in [0.3, 0.4) is 0 Å². The van der Waals surface area contributed by atoms with Gasteiger partial charge in [-0.15, -0.1) is 0 Å². The molecule has 15 heavy (non-hydrogen) atoms. The first-order valence-electron chi connectivity index (χ1n) is 4.68. The Balaban J connectivity index is 2.57. The lowest BCUT2D eigenvalue weighted by Gasteiger charge is -2.06. The second-order valence-electron chi connectivity index (χ2n) is 3.28. The predicted octanol–water partition coefficient (Wildman–Crippen LogP) is 3.03. The van der Waals surface area contributed by atoms with Crippen molar-refractivity contribution in [2.75, 3.05) is 0 Å². The van der Waals surface area contributed by atoms with Gasteiger partial charge in [-0.1, -0.05) is 6.92 Å². The molecule has 1 rings (SSSR count). The lowest BCUT2D eigenvalue weighted by molar-refractivity contribution is -0.136. The van der Waals surface area contributed by atoms with E-state index in [2.05, 4.69) is 0 Å². The Morgan fingerprint density at radius 3 is 2.67 bits per heavy atom. The van der Waals surface area contributed by atoms with Gasteiger partial charge < -0.3 is 4.57 Å². The van der Waals surface area contributed by atoms with E-state index in [0.29, 0.717) is 12.0 Å². The van der Waals surface area contributed by atoms with E-state index in [1.807, 2.05) is 0 Å². The zero-order chi connectivity index (χ0) is 11.5. The summed E-state index contributed by atoms with van der Waals surface area (Å²) < 4.78 is 37.1. The van der Waals surface area contributed by atoms with E-state index in [0.717, 1.165) is 0 Å². The van der Waals surface area contributed by atoms with E-state index in [-0.39, 0.29) is 12.3 Å². The molecule has 0 saturated carbocycles. The van der Waals surface area contributed by atoms with Crippen molar-refractivity contribution in [2.45, 2.75) is 32.5 Å². The molecule has 0 spiro atoms. The Morgan fingerprint density at radius 1 is 1.47 bits per heavy atom. The number of hydrogen-bond donors (Lipinski definition) is 0. The van der Waals surface area contributed by atoms with Gasteiger partial charge in [-0.3, -0.25) is 4.79 Å². The minimum Gasteiger partial charge on any atom is -0.353 e. The average molecular weight is 219 g/mol. The van der Waals surface area contributed by atoms with Crippen molar-refractivity contribution >= 4 is 5.78 Å². The molecule has 5 heteroatoms. The zero-order valence-electron chi connectivity index (χ0n) is 8.34. The summed E-state index contributed by atoms with van der Waals surface area (Å²) in [6.45, 7) is 1.58. The molecule has 0 aromatic carbocycles. The molecule has 2 nitrogen and oxygen atoms in total. The molecule has 0 fully saturated rings. The maximum atomic E-state index is 11.9. The first-order chi connectivity index (χ1) is 6.92. The van der Waals surface area contributed by atoms with Crippen molar-refractivity contribution in [1.29, 1.82) is 0 Å².